The van der Waals surface area contributed by atoms with Gasteiger partial charge in [-0.2, -0.15) is 0 Å². The highest BCUT2D eigenvalue weighted by atomic mass is 19.1. The van der Waals surface area contributed by atoms with Crippen molar-refractivity contribution in [3.8, 4) is 0 Å². The Morgan fingerprint density at radius 1 is 1.64 bits per heavy atom. The third kappa shape index (κ3) is 0.689. The van der Waals surface area contributed by atoms with Gasteiger partial charge in [-0.1, -0.05) is 13.8 Å². The fourth-order valence-electron chi connectivity index (χ4n) is 2.99. The molecule has 0 aromatic heterocycles. The van der Waals surface area contributed by atoms with E-state index in [9.17, 15) is 4.39 Å². The lowest BCUT2D eigenvalue weighted by Crippen LogP contribution is -2.32. The quantitative estimate of drug-likeness (QED) is 0.616. The third-order valence-corrected chi connectivity index (χ3v) is 4.05. The normalized spacial score (nSPS) is 61.1. The Hall–Kier alpha value is -0.110. The zero-order chi connectivity index (χ0) is 8.22. The summed E-state index contributed by atoms with van der Waals surface area (Å²) in [5.41, 5.74) is 6.04. The molecule has 2 rings (SSSR count). The van der Waals surface area contributed by atoms with Crippen LogP contribution in [0.2, 0.25) is 0 Å². The fourth-order valence-corrected chi connectivity index (χ4v) is 2.99. The van der Waals surface area contributed by atoms with Gasteiger partial charge in [0.1, 0.15) is 6.17 Å². The predicted octanol–water partition coefficient (Wildman–Crippen LogP) is 1.72. The van der Waals surface area contributed by atoms with Gasteiger partial charge in [0.2, 0.25) is 0 Å². The van der Waals surface area contributed by atoms with Crippen molar-refractivity contribution in [2.75, 3.05) is 0 Å². The SMILES string of the molecule is CC[C@@]12C[C@@H]1[C@@H](N)[C@H](F)[C@@H]2C. The van der Waals surface area contributed by atoms with E-state index in [2.05, 4.69) is 6.92 Å². The van der Waals surface area contributed by atoms with Crippen molar-refractivity contribution in [1.29, 1.82) is 0 Å². The molecule has 2 aliphatic rings. The predicted molar refractivity (Wildman–Crippen MR) is 42.9 cm³/mol. The third-order valence-electron chi connectivity index (χ3n) is 4.05. The van der Waals surface area contributed by atoms with Crippen LogP contribution in [0.5, 0.6) is 0 Å². The van der Waals surface area contributed by atoms with E-state index in [-0.39, 0.29) is 12.0 Å². The molecule has 0 aliphatic heterocycles. The van der Waals surface area contributed by atoms with Gasteiger partial charge in [0.05, 0.1) is 0 Å². The first-order valence-electron chi connectivity index (χ1n) is 4.53. The van der Waals surface area contributed by atoms with Crippen molar-refractivity contribution in [3.63, 3.8) is 0 Å². The van der Waals surface area contributed by atoms with Crippen LogP contribution >= 0.6 is 0 Å². The van der Waals surface area contributed by atoms with Crippen LogP contribution in [0.3, 0.4) is 0 Å². The van der Waals surface area contributed by atoms with Crippen LogP contribution in [-0.2, 0) is 0 Å². The molecule has 64 valence electrons. The number of halogens is 1. The topological polar surface area (TPSA) is 26.0 Å². The Bertz CT molecular complexity index is 180. The summed E-state index contributed by atoms with van der Waals surface area (Å²) in [5.74, 6) is 0.699. The molecule has 2 N–H and O–H groups in total. The van der Waals surface area contributed by atoms with Gasteiger partial charge in [0.15, 0.2) is 0 Å². The van der Waals surface area contributed by atoms with Crippen molar-refractivity contribution in [3.05, 3.63) is 0 Å². The van der Waals surface area contributed by atoms with Crippen LogP contribution in [0, 0.1) is 17.3 Å². The number of alkyl halides is 1. The largest absolute Gasteiger partial charge is 0.325 e. The van der Waals surface area contributed by atoms with Crippen molar-refractivity contribution < 1.29 is 4.39 Å². The maximum atomic E-state index is 13.3. The first-order valence-corrected chi connectivity index (χ1v) is 4.53. The zero-order valence-electron chi connectivity index (χ0n) is 7.18. The second kappa shape index (κ2) is 1.98. The smallest absolute Gasteiger partial charge is 0.118 e. The molecule has 2 aliphatic carbocycles. The number of rotatable bonds is 1. The highest BCUT2D eigenvalue weighted by Crippen LogP contribution is 2.68. The van der Waals surface area contributed by atoms with E-state index >= 15 is 0 Å². The minimum Gasteiger partial charge on any atom is -0.325 e. The van der Waals surface area contributed by atoms with Gasteiger partial charge in [0.25, 0.3) is 0 Å². The minimum atomic E-state index is -0.742. The van der Waals surface area contributed by atoms with Crippen LogP contribution in [0.15, 0.2) is 0 Å². The average Bonchev–Trinajstić information content (AvgIpc) is 2.71. The molecule has 0 amide bonds. The van der Waals surface area contributed by atoms with E-state index in [1.807, 2.05) is 6.92 Å². The van der Waals surface area contributed by atoms with Gasteiger partial charge in [-0.05, 0) is 30.1 Å². The first-order chi connectivity index (χ1) is 5.13. The first kappa shape index (κ1) is 7.53. The summed E-state index contributed by atoms with van der Waals surface area (Å²) in [6.07, 6.45) is 1.54. The van der Waals surface area contributed by atoms with E-state index < -0.39 is 6.17 Å². The number of nitrogens with two attached hydrogens (primary N) is 1. The Morgan fingerprint density at radius 3 is 2.55 bits per heavy atom. The Kier molecular flexibility index (Phi) is 1.35. The molecule has 0 heterocycles. The number of hydrogen-bond donors (Lipinski definition) is 1. The van der Waals surface area contributed by atoms with Crippen LogP contribution < -0.4 is 5.73 Å². The van der Waals surface area contributed by atoms with Crippen LogP contribution in [0.1, 0.15) is 26.7 Å². The van der Waals surface area contributed by atoms with E-state index in [4.69, 9.17) is 5.73 Å². The van der Waals surface area contributed by atoms with E-state index in [0.717, 1.165) is 6.42 Å². The van der Waals surface area contributed by atoms with Gasteiger partial charge in [-0.3, -0.25) is 0 Å². The molecule has 0 saturated heterocycles. The molecule has 1 nitrogen and oxygen atoms in total. The molecule has 0 radical (unpaired) electrons. The van der Waals surface area contributed by atoms with Crippen molar-refractivity contribution in [2.24, 2.45) is 23.0 Å². The summed E-state index contributed by atoms with van der Waals surface area (Å²) in [5, 5.41) is 0. The summed E-state index contributed by atoms with van der Waals surface area (Å²) < 4.78 is 13.3. The van der Waals surface area contributed by atoms with Gasteiger partial charge in [0, 0.05) is 6.04 Å². The van der Waals surface area contributed by atoms with Crippen LogP contribution in [-0.4, -0.2) is 12.2 Å². The molecule has 2 fully saturated rings. The lowest BCUT2D eigenvalue weighted by molar-refractivity contribution is 0.189. The van der Waals surface area contributed by atoms with Crippen molar-refractivity contribution >= 4 is 0 Å². The molecule has 0 unspecified atom stereocenters. The van der Waals surface area contributed by atoms with Gasteiger partial charge < -0.3 is 5.73 Å². The summed E-state index contributed by atoms with van der Waals surface area (Å²) in [6, 6.07) is -0.162. The highest BCUT2D eigenvalue weighted by molar-refractivity contribution is 5.18. The van der Waals surface area contributed by atoms with E-state index in [1.165, 1.54) is 6.42 Å². The molecule has 2 saturated carbocycles. The lowest BCUT2D eigenvalue weighted by atomic mass is 9.89. The monoisotopic (exact) mass is 157 g/mol. The number of fused-ring (bicyclic) bond motifs is 1. The maximum Gasteiger partial charge on any atom is 0.118 e. The number of hydrogen-bond acceptors (Lipinski definition) is 1. The van der Waals surface area contributed by atoms with Gasteiger partial charge in [-0.15, -0.1) is 0 Å². The second-order valence-electron chi connectivity index (χ2n) is 4.21. The zero-order valence-corrected chi connectivity index (χ0v) is 7.18. The summed E-state index contributed by atoms with van der Waals surface area (Å²) in [6.45, 7) is 4.17. The maximum absolute atomic E-state index is 13.3. The molecule has 11 heavy (non-hydrogen) atoms. The second-order valence-corrected chi connectivity index (χ2v) is 4.21. The molecule has 5 atom stereocenters. The summed E-state index contributed by atoms with van der Waals surface area (Å²) in [4.78, 5) is 0. The van der Waals surface area contributed by atoms with Crippen molar-refractivity contribution in [1.82, 2.24) is 0 Å². The highest BCUT2D eigenvalue weighted by Gasteiger charge is 2.67. The van der Waals surface area contributed by atoms with Gasteiger partial charge >= 0.3 is 0 Å². The molecular formula is C9H16FN. The molecule has 0 bridgehead atoms. The Balaban J connectivity index is 2.21. The molecule has 2 heteroatoms. The van der Waals surface area contributed by atoms with Crippen molar-refractivity contribution in [2.45, 2.75) is 38.9 Å². The summed E-state index contributed by atoms with van der Waals surface area (Å²) >= 11 is 0. The van der Waals surface area contributed by atoms with Crippen LogP contribution in [0.4, 0.5) is 4.39 Å². The van der Waals surface area contributed by atoms with Crippen LogP contribution in [0.25, 0.3) is 0 Å². The molecular weight excluding hydrogens is 141 g/mol. The van der Waals surface area contributed by atoms with E-state index in [1.54, 1.807) is 0 Å². The average molecular weight is 157 g/mol. The lowest BCUT2D eigenvalue weighted by Gasteiger charge is -2.19. The molecule has 0 spiro atoms. The minimum absolute atomic E-state index is 0.162. The molecule has 0 aromatic carbocycles. The standard InChI is InChI=1S/C9H16FN/c1-3-9-4-6(9)8(11)7(10)5(9)2/h5-8H,3-4,11H2,1-2H3/t5-,6+,7+,8+,9-/m0/s1. The summed E-state index contributed by atoms with van der Waals surface area (Å²) in [7, 11) is 0. The van der Waals surface area contributed by atoms with Gasteiger partial charge in [-0.25, -0.2) is 4.39 Å². The Labute approximate surface area is 67.2 Å². The Morgan fingerprint density at radius 2 is 2.27 bits per heavy atom. The molecule has 0 aromatic rings. The fraction of sp³-hybridized carbons (Fsp3) is 1.00. The van der Waals surface area contributed by atoms with E-state index in [0.29, 0.717) is 11.3 Å².